The molecule has 1 aromatic heterocycles. The third-order valence-electron chi connectivity index (χ3n) is 5.09. The highest BCUT2D eigenvalue weighted by Crippen LogP contribution is 2.43. The smallest absolute Gasteiger partial charge is 0.272 e. The Hall–Kier alpha value is -3.48. The first-order valence-electron chi connectivity index (χ1n) is 8.80. The molecule has 2 aromatic carbocycles. The number of nitrogens with one attached hydrogen (secondary N) is 1. The molecule has 1 atom stereocenters. The molecule has 0 saturated carbocycles. The zero-order chi connectivity index (χ0) is 19.8. The lowest BCUT2D eigenvalue weighted by molar-refractivity contribution is 0.0787. The number of carbonyl (C=O) groups excluding carboxylic acids is 1. The molecular formula is C21H21N3O4. The van der Waals surface area contributed by atoms with Crippen LogP contribution in [-0.4, -0.2) is 49.4 Å². The van der Waals surface area contributed by atoms with E-state index in [1.807, 2.05) is 42.5 Å². The molecule has 1 unspecified atom stereocenters. The quantitative estimate of drug-likeness (QED) is 0.736. The van der Waals surface area contributed by atoms with E-state index in [0.29, 0.717) is 17.2 Å². The van der Waals surface area contributed by atoms with Crippen LogP contribution < -0.4 is 14.2 Å². The van der Waals surface area contributed by atoms with Gasteiger partial charge in [-0.05, 0) is 42.0 Å². The van der Waals surface area contributed by atoms with E-state index in [2.05, 4.69) is 10.2 Å². The Bertz CT molecular complexity index is 1030. The molecule has 1 aliphatic heterocycles. The van der Waals surface area contributed by atoms with E-state index >= 15 is 0 Å². The molecule has 0 aliphatic carbocycles. The second-order valence-corrected chi connectivity index (χ2v) is 6.52. The van der Waals surface area contributed by atoms with E-state index in [1.165, 1.54) is 0 Å². The summed E-state index contributed by atoms with van der Waals surface area (Å²) in [5.74, 6) is 1.92. The van der Waals surface area contributed by atoms with E-state index in [9.17, 15) is 4.79 Å². The third kappa shape index (κ3) is 2.67. The number of hydrogen-bond donors (Lipinski definition) is 1. The maximum absolute atomic E-state index is 12.8. The number of carbonyl (C=O) groups is 1. The maximum atomic E-state index is 12.8. The molecule has 0 saturated heterocycles. The van der Waals surface area contributed by atoms with Gasteiger partial charge in [0.25, 0.3) is 5.91 Å². The van der Waals surface area contributed by atoms with E-state index in [1.54, 1.807) is 33.3 Å². The molecule has 2 heterocycles. The Labute approximate surface area is 162 Å². The van der Waals surface area contributed by atoms with Crippen molar-refractivity contribution in [3.05, 3.63) is 59.3 Å². The molecule has 28 heavy (non-hydrogen) atoms. The number of aromatic nitrogens is 2. The molecule has 3 aromatic rings. The normalized spacial score (nSPS) is 15.5. The summed E-state index contributed by atoms with van der Waals surface area (Å²) in [4.78, 5) is 14.5. The molecule has 0 bridgehead atoms. The van der Waals surface area contributed by atoms with Crippen molar-refractivity contribution in [1.82, 2.24) is 15.1 Å². The molecule has 4 rings (SSSR count). The van der Waals surface area contributed by atoms with Crippen molar-refractivity contribution in [2.75, 3.05) is 28.4 Å². The molecule has 1 aliphatic rings. The Balaban J connectivity index is 1.84. The molecule has 144 valence electrons. The van der Waals surface area contributed by atoms with Crippen LogP contribution in [0.1, 0.15) is 27.7 Å². The minimum atomic E-state index is -0.279. The number of benzene rings is 2. The van der Waals surface area contributed by atoms with E-state index in [-0.39, 0.29) is 11.9 Å². The van der Waals surface area contributed by atoms with E-state index < -0.39 is 0 Å². The minimum Gasteiger partial charge on any atom is -0.497 e. The van der Waals surface area contributed by atoms with Crippen LogP contribution in [0.3, 0.4) is 0 Å². The fourth-order valence-electron chi connectivity index (χ4n) is 3.65. The van der Waals surface area contributed by atoms with Crippen LogP contribution in [0, 0.1) is 0 Å². The topological polar surface area (TPSA) is 76.7 Å². The monoisotopic (exact) mass is 379 g/mol. The van der Waals surface area contributed by atoms with Gasteiger partial charge in [-0.1, -0.05) is 6.07 Å². The lowest BCUT2D eigenvalue weighted by Gasteiger charge is -2.23. The summed E-state index contributed by atoms with van der Waals surface area (Å²) < 4.78 is 16.0. The Kier molecular flexibility index (Phi) is 4.43. The molecular weight excluding hydrogens is 358 g/mol. The molecule has 0 spiro atoms. The summed E-state index contributed by atoms with van der Waals surface area (Å²) in [5.41, 5.74) is 3.93. The molecule has 0 fully saturated rings. The predicted octanol–water partition coefficient (Wildman–Crippen LogP) is 3.28. The van der Waals surface area contributed by atoms with Gasteiger partial charge in [0.2, 0.25) is 0 Å². The van der Waals surface area contributed by atoms with Crippen molar-refractivity contribution in [1.29, 1.82) is 0 Å². The fraction of sp³-hybridized carbons (Fsp3) is 0.238. The summed E-state index contributed by atoms with van der Waals surface area (Å²) in [6.07, 6.45) is 0. The number of amides is 1. The van der Waals surface area contributed by atoms with Crippen molar-refractivity contribution < 1.29 is 19.0 Å². The highest BCUT2D eigenvalue weighted by Gasteiger charge is 2.40. The van der Waals surface area contributed by atoms with Gasteiger partial charge in [0, 0.05) is 18.2 Å². The first-order chi connectivity index (χ1) is 13.6. The summed E-state index contributed by atoms with van der Waals surface area (Å²) in [5, 5.41) is 7.35. The Morgan fingerprint density at radius 1 is 0.964 bits per heavy atom. The van der Waals surface area contributed by atoms with Gasteiger partial charge >= 0.3 is 0 Å². The number of nitrogens with zero attached hydrogens (tertiary/aromatic N) is 2. The average molecular weight is 379 g/mol. The second kappa shape index (κ2) is 6.92. The fourth-order valence-corrected chi connectivity index (χ4v) is 3.65. The Morgan fingerprint density at radius 2 is 1.68 bits per heavy atom. The number of ether oxygens (including phenoxy) is 3. The first kappa shape index (κ1) is 17.9. The number of hydrogen-bond acceptors (Lipinski definition) is 5. The van der Waals surface area contributed by atoms with Crippen molar-refractivity contribution in [2.24, 2.45) is 0 Å². The largest absolute Gasteiger partial charge is 0.497 e. The van der Waals surface area contributed by atoms with Crippen molar-refractivity contribution in [3.8, 4) is 28.5 Å². The van der Waals surface area contributed by atoms with Gasteiger partial charge in [0.15, 0.2) is 11.5 Å². The van der Waals surface area contributed by atoms with Crippen LogP contribution in [0.5, 0.6) is 17.2 Å². The van der Waals surface area contributed by atoms with Crippen LogP contribution in [0.25, 0.3) is 11.3 Å². The standard InChI is InChI=1S/C21H21N3O4/c1-24-20(13-7-10-15(27-3)16(11-13)28-4)17-18(22-23-19(17)21(24)25)12-5-8-14(26-2)9-6-12/h5-11,20H,1-4H3,(H,22,23). The number of fused-ring (bicyclic) bond motifs is 1. The first-order valence-corrected chi connectivity index (χ1v) is 8.80. The van der Waals surface area contributed by atoms with Gasteiger partial charge < -0.3 is 19.1 Å². The lowest BCUT2D eigenvalue weighted by Crippen LogP contribution is -2.24. The minimum absolute atomic E-state index is 0.0953. The zero-order valence-corrected chi connectivity index (χ0v) is 16.1. The summed E-state index contributed by atoms with van der Waals surface area (Å²) >= 11 is 0. The summed E-state index contributed by atoms with van der Waals surface area (Å²) in [6.45, 7) is 0. The van der Waals surface area contributed by atoms with Crippen LogP contribution in [0.4, 0.5) is 0 Å². The van der Waals surface area contributed by atoms with Gasteiger partial charge in [0.1, 0.15) is 11.4 Å². The number of H-pyrrole nitrogens is 1. The molecule has 7 heteroatoms. The maximum Gasteiger partial charge on any atom is 0.272 e. The second-order valence-electron chi connectivity index (χ2n) is 6.52. The van der Waals surface area contributed by atoms with Gasteiger partial charge in [-0.3, -0.25) is 9.89 Å². The van der Waals surface area contributed by atoms with E-state index in [4.69, 9.17) is 14.2 Å². The van der Waals surface area contributed by atoms with Gasteiger partial charge in [-0.25, -0.2) is 0 Å². The highest BCUT2D eigenvalue weighted by atomic mass is 16.5. The predicted molar refractivity (Wildman–Crippen MR) is 104 cm³/mol. The van der Waals surface area contributed by atoms with Gasteiger partial charge in [0.05, 0.1) is 33.1 Å². The van der Waals surface area contributed by atoms with Gasteiger partial charge in [-0.15, -0.1) is 0 Å². The Morgan fingerprint density at radius 3 is 2.32 bits per heavy atom. The van der Waals surface area contributed by atoms with Crippen LogP contribution in [0.15, 0.2) is 42.5 Å². The number of aromatic amines is 1. The van der Waals surface area contributed by atoms with Crippen LogP contribution in [-0.2, 0) is 0 Å². The van der Waals surface area contributed by atoms with E-state index in [0.717, 1.165) is 28.1 Å². The third-order valence-corrected chi connectivity index (χ3v) is 5.09. The zero-order valence-electron chi connectivity index (χ0n) is 16.1. The summed E-state index contributed by atoms with van der Waals surface area (Å²) in [6, 6.07) is 13.0. The number of methoxy groups -OCH3 is 3. The number of rotatable bonds is 5. The van der Waals surface area contributed by atoms with Gasteiger partial charge in [-0.2, -0.15) is 5.10 Å². The van der Waals surface area contributed by atoms with Crippen molar-refractivity contribution in [2.45, 2.75) is 6.04 Å². The molecule has 1 N–H and O–H groups in total. The molecule has 7 nitrogen and oxygen atoms in total. The van der Waals surface area contributed by atoms with Crippen LogP contribution >= 0.6 is 0 Å². The SMILES string of the molecule is COc1ccc(-c2n[nH]c3c2C(c2ccc(OC)c(OC)c2)N(C)C3=O)cc1. The molecule has 0 radical (unpaired) electrons. The lowest BCUT2D eigenvalue weighted by atomic mass is 9.96. The summed E-state index contributed by atoms with van der Waals surface area (Å²) in [7, 11) is 6.60. The average Bonchev–Trinajstić information content (AvgIpc) is 3.27. The van der Waals surface area contributed by atoms with Crippen LogP contribution in [0.2, 0.25) is 0 Å². The van der Waals surface area contributed by atoms with Crippen molar-refractivity contribution in [3.63, 3.8) is 0 Å². The highest BCUT2D eigenvalue weighted by molar-refractivity contribution is 6.00. The van der Waals surface area contributed by atoms with Crippen molar-refractivity contribution >= 4 is 5.91 Å². The molecule has 1 amide bonds.